The van der Waals surface area contributed by atoms with Crippen molar-refractivity contribution in [3.8, 4) is 0 Å². The van der Waals surface area contributed by atoms with Gasteiger partial charge in [-0.05, 0) is 18.1 Å². The molecule has 0 N–H and O–H groups in total. The van der Waals surface area contributed by atoms with Crippen molar-refractivity contribution in [2.45, 2.75) is 20.3 Å². The summed E-state index contributed by atoms with van der Waals surface area (Å²) in [5.74, 6) is 0. The summed E-state index contributed by atoms with van der Waals surface area (Å²) in [7, 11) is 0. The van der Waals surface area contributed by atoms with Crippen molar-refractivity contribution < 1.29 is 4.74 Å². The Balaban J connectivity index is 1.80. The maximum atomic E-state index is 5.52. The van der Waals surface area contributed by atoms with E-state index in [0.29, 0.717) is 13.3 Å². The first-order valence-corrected chi connectivity index (χ1v) is 4.95. The van der Waals surface area contributed by atoms with Crippen molar-refractivity contribution in [1.29, 1.82) is 0 Å². The van der Waals surface area contributed by atoms with Gasteiger partial charge >= 0.3 is 0 Å². The Hall–Kier alpha value is -1.61. The summed E-state index contributed by atoms with van der Waals surface area (Å²) in [6.45, 7) is 3.14. The van der Waals surface area contributed by atoms with E-state index in [1.165, 1.54) is 5.56 Å². The van der Waals surface area contributed by atoms with Gasteiger partial charge in [0, 0.05) is 6.20 Å². The highest BCUT2D eigenvalue weighted by Gasteiger charge is 1.94. The lowest BCUT2D eigenvalue weighted by Gasteiger charge is -2.03. The number of rotatable bonds is 4. The van der Waals surface area contributed by atoms with Crippen LogP contribution >= 0.6 is 0 Å². The van der Waals surface area contributed by atoms with Crippen molar-refractivity contribution in [2.75, 3.05) is 0 Å². The molecule has 0 aliphatic carbocycles. The van der Waals surface area contributed by atoms with Crippen LogP contribution in [0.25, 0.3) is 0 Å². The van der Waals surface area contributed by atoms with E-state index in [1.54, 1.807) is 4.68 Å². The molecule has 78 valence electrons. The van der Waals surface area contributed by atoms with Crippen molar-refractivity contribution in [1.82, 2.24) is 9.78 Å². The van der Waals surface area contributed by atoms with Gasteiger partial charge in [0.15, 0.2) is 0 Å². The van der Waals surface area contributed by atoms with Crippen LogP contribution in [0.1, 0.15) is 11.1 Å². The first kappa shape index (κ1) is 9.93. The average Bonchev–Trinajstić information content (AvgIpc) is 2.66. The molecule has 0 aliphatic heterocycles. The highest BCUT2D eigenvalue weighted by molar-refractivity contribution is 5.13. The molecule has 3 heteroatoms. The molecule has 1 aromatic carbocycles. The molecule has 0 unspecified atom stereocenters. The quantitative estimate of drug-likeness (QED) is 0.761. The predicted octanol–water partition coefficient (Wildman–Crippen LogP) is 2.37. The van der Waals surface area contributed by atoms with Crippen LogP contribution in [-0.2, 0) is 18.1 Å². The molecule has 15 heavy (non-hydrogen) atoms. The molecular weight excluding hydrogens is 188 g/mol. The van der Waals surface area contributed by atoms with E-state index < -0.39 is 0 Å². The molecule has 2 aromatic rings. The van der Waals surface area contributed by atoms with Crippen molar-refractivity contribution in [3.63, 3.8) is 0 Å². The molecule has 0 fully saturated rings. The first-order chi connectivity index (χ1) is 7.34. The van der Waals surface area contributed by atoms with E-state index in [1.807, 2.05) is 49.6 Å². The van der Waals surface area contributed by atoms with E-state index in [9.17, 15) is 0 Å². The van der Waals surface area contributed by atoms with Crippen LogP contribution < -0.4 is 0 Å². The van der Waals surface area contributed by atoms with Gasteiger partial charge in [0.1, 0.15) is 6.73 Å². The number of aryl methyl sites for hydroxylation is 1. The molecule has 2 rings (SSSR count). The van der Waals surface area contributed by atoms with Gasteiger partial charge in [0.2, 0.25) is 0 Å². The summed E-state index contributed by atoms with van der Waals surface area (Å²) in [4.78, 5) is 0. The van der Waals surface area contributed by atoms with E-state index in [0.717, 1.165) is 5.56 Å². The lowest BCUT2D eigenvalue weighted by atomic mass is 10.2. The third-order valence-corrected chi connectivity index (χ3v) is 2.10. The number of hydrogen-bond donors (Lipinski definition) is 0. The van der Waals surface area contributed by atoms with E-state index in [2.05, 4.69) is 5.10 Å². The Morgan fingerprint density at radius 2 is 2.07 bits per heavy atom. The maximum absolute atomic E-state index is 5.52. The molecular formula is C12H14N2O. The topological polar surface area (TPSA) is 27.1 Å². The van der Waals surface area contributed by atoms with Crippen LogP contribution in [-0.4, -0.2) is 9.78 Å². The monoisotopic (exact) mass is 202 g/mol. The standard InChI is InChI=1S/C12H14N2O/c1-11-7-13-14(8-11)10-15-9-12-5-3-2-4-6-12/h2-8H,9-10H2,1H3. The fourth-order valence-electron chi connectivity index (χ4n) is 1.37. The summed E-state index contributed by atoms with van der Waals surface area (Å²) < 4.78 is 7.31. The molecule has 0 amide bonds. The third kappa shape index (κ3) is 2.92. The van der Waals surface area contributed by atoms with E-state index in [-0.39, 0.29) is 0 Å². The molecule has 0 bridgehead atoms. The highest BCUT2D eigenvalue weighted by atomic mass is 16.5. The second kappa shape index (κ2) is 4.75. The summed E-state index contributed by atoms with van der Waals surface area (Å²) in [5.41, 5.74) is 2.33. The van der Waals surface area contributed by atoms with Crippen LogP contribution in [0.4, 0.5) is 0 Å². The fraction of sp³-hybridized carbons (Fsp3) is 0.250. The molecule has 1 aromatic heterocycles. The number of nitrogens with zero attached hydrogens (tertiary/aromatic N) is 2. The zero-order valence-electron chi connectivity index (χ0n) is 8.76. The van der Waals surface area contributed by atoms with E-state index >= 15 is 0 Å². The van der Waals surface area contributed by atoms with Gasteiger partial charge in [-0.2, -0.15) is 5.10 Å². The Kier molecular flexibility index (Phi) is 3.15. The average molecular weight is 202 g/mol. The minimum atomic E-state index is 0.503. The van der Waals surface area contributed by atoms with Gasteiger partial charge < -0.3 is 4.74 Å². The van der Waals surface area contributed by atoms with Gasteiger partial charge in [0.25, 0.3) is 0 Å². The minimum Gasteiger partial charge on any atom is -0.355 e. The van der Waals surface area contributed by atoms with Crippen molar-refractivity contribution >= 4 is 0 Å². The van der Waals surface area contributed by atoms with Crippen LogP contribution in [0.15, 0.2) is 42.7 Å². The number of benzene rings is 1. The normalized spacial score (nSPS) is 10.5. The predicted molar refractivity (Wildman–Crippen MR) is 58.2 cm³/mol. The third-order valence-electron chi connectivity index (χ3n) is 2.10. The van der Waals surface area contributed by atoms with Crippen LogP contribution in [0.5, 0.6) is 0 Å². The molecule has 0 aliphatic rings. The van der Waals surface area contributed by atoms with Crippen LogP contribution in [0.3, 0.4) is 0 Å². The molecule has 0 saturated carbocycles. The first-order valence-electron chi connectivity index (χ1n) is 4.95. The Labute approximate surface area is 89.3 Å². The van der Waals surface area contributed by atoms with Gasteiger partial charge in [-0.1, -0.05) is 30.3 Å². The molecule has 3 nitrogen and oxygen atoms in total. The minimum absolute atomic E-state index is 0.503. The maximum Gasteiger partial charge on any atom is 0.139 e. The Bertz CT molecular complexity index is 409. The highest BCUT2D eigenvalue weighted by Crippen LogP contribution is 2.01. The summed E-state index contributed by atoms with van der Waals surface area (Å²) in [6.07, 6.45) is 3.79. The summed E-state index contributed by atoms with van der Waals surface area (Å²) >= 11 is 0. The molecule has 0 atom stereocenters. The van der Waals surface area contributed by atoms with E-state index in [4.69, 9.17) is 4.74 Å². The lowest BCUT2D eigenvalue weighted by Crippen LogP contribution is -2.02. The molecule has 0 spiro atoms. The zero-order chi connectivity index (χ0) is 10.5. The Morgan fingerprint density at radius 1 is 1.27 bits per heavy atom. The van der Waals surface area contributed by atoms with Gasteiger partial charge in [-0.3, -0.25) is 0 Å². The number of aromatic nitrogens is 2. The largest absolute Gasteiger partial charge is 0.355 e. The lowest BCUT2D eigenvalue weighted by molar-refractivity contribution is 0.0561. The Morgan fingerprint density at radius 3 is 2.73 bits per heavy atom. The number of ether oxygens (including phenoxy) is 1. The molecule has 0 saturated heterocycles. The zero-order valence-corrected chi connectivity index (χ0v) is 8.76. The molecule has 0 radical (unpaired) electrons. The molecule has 1 heterocycles. The number of hydrogen-bond acceptors (Lipinski definition) is 2. The fourth-order valence-corrected chi connectivity index (χ4v) is 1.37. The van der Waals surface area contributed by atoms with Crippen molar-refractivity contribution in [2.24, 2.45) is 0 Å². The van der Waals surface area contributed by atoms with Crippen LogP contribution in [0.2, 0.25) is 0 Å². The summed E-state index contributed by atoms with van der Waals surface area (Å²) in [6, 6.07) is 10.1. The van der Waals surface area contributed by atoms with Gasteiger partial charge in [-0.25, -0.2) is 4.68 Å². The SMILES string of the molecule is Cc1cnn(COCc2ccccc2)c1. The van der Waals surface area contributed by atoms with Crippen molar-refractivity contribution in [3.05, 3.63) is 53.9 Å². The summed E-state index contributed by atoms with van der Waals surface area (Å²) in [5, 5.41) is 4.14. The van der Waals surface area contributed by atoms with Gasteiger partial charge in [-0.15, -0.1) is 0 Å². The second-order valence-electron chi connectivity index (χ2n) is 3.52. The van der Waals surface area contributed by atoms with Crippen LogP contribution in [0, 0.1) is 6.92 Å². The van der Waals surface area contributed by atoms with Gasteiger partial charge in [0.05, 0.1) is 12.8 Å². The smallest absolute Gasteiger partial charge is 0.139 e. The second-order valence-corrected chi connectivity index (χ2v) is 3.52.